The molecule has 2 aliphatic rings. The lowest BCUT2D eigenvalue weighted by Gasteiger charge is -2.42. The van der Waals surface area contributed by atoms with Gasteiger partial charge in [-0.3, -0.25) is 4.79 Å². The number of benzene rings is 1. The maximum atomic E-state index is 13.1. The van der Waals surface area contributed by atoms with E-state index in [0.717, 1.165) is 0 Å². The van der Waals surface area contributed by atoms with Crippen LogP contribution in [0.4, 0.5) is 4.79 Å². The average Bonchev–Trinajstić information content (AvgIpc) is 2.83. The van der Waals surface area contributed by atoms with E-state index >= 15 is 0 Å². The van der Waals surface area contributed by atoms with Crippen molar-refractivity contribution >= 4 is 27.9 Å². The number of rotatable bonds is 5. The predicted octanol–water partition coefficient (Wildman–Crippen LogP) is -0.509. The fourth-order valence-electron chi connectivity index (χ4n) is 3.65. The van der Waals surface area contributed by atoms with Crippen LogP contribution in [0.2, 0.25) is 0 Å². The molecule has 176 valence electrons. The molecule has 0 spiro atoms. The third kappa shape index (κ3) is 5.19. The number of hydrogen-bond donors (Lipinski definition) is 1. The van der Waals surface area contributed by atoms with Crippen LogP contribution in [0.15, 0.2) is 35.2 Å². The van der Waals surface area contributed by atoms with E-state index in [9.17, 15) is 22.8 Å². The Hall–Kier alpha value is -2.70. The number of nitrogens with one attached hydrogen (secondary N) is 1. The number of urea groups is 1. The fraction of sp³-hybridized carbons (Fsp3) is 0.550. The molecule has 0 bridgehead atoms. The first kappa shape index (κ1) is 24.0. The number of ether oxygens (including phenoxy) is 2. The molecule has 3 amide bonds. The highest BCUT2D eigenvalue weighted by molar-refractivity contribution is 7.89. The summed E-state index contributed by atoms with van der Waals surface area (Å²) in [5.41, 5.74) is 0. The summed E-state index contributed by atoms with van der Waals surface area (Å²) in [5.74, 6) is -1.27. The summed E-state index contributed by atoms with van der Waals surface area (Å²) in [5, 5.41) is 2.53. The third-order valence-electron chi connectivity index (χ3n) is 5.47. The number of sulfonamides is 1. The van der Waals surface area contributed by atoms with Gasteiger partial charge in [-0.2, -0.15) is 4.31 Å². The maximum Gasteiger partial charge on any atom is 0.328 e. The van der Waals surface area contributed by atoms with Gasteiger partial charge in [-0.1, -0.05) is 18.2 Å². The van der Waals surface area contributed by atoms with Crippen molar-refractivity contribution in [3.05, 3.63) is 30.3 Å². The van der Waals surface area contributed by atoms with Gasteiger partial charge < -0.3 is 24.6 Å². The molecule has 1 aromatic rings. The van der Waals surface area contributed by atoms with Gasteiger partial charge in [0.05, 0.1) is 25.2 Å². The van der Waals surface area contributed by atoms with Gasteiger partial charge in [-0.05, 0) is 19.1 Å². The summed E-state index contributed by atoms with van der Waals surface area (Å²) in [6.45, 7) is 2.86. The first-order valence-corrected chi connectivity index (χ1v) is 11.8. The Bertz CT molecular complexity index is 935. The first-order chi connectivity index (χ1) is 15.3. The molecule has 1 aromatic carbocycles. The van der Waals surface area contributed by atoms with Gasteiger partial charge in [0.2, 0.25) is 15.9 Å². The molecular formula is C20H28N4O7S. The number of piperazine rings is 1. The van der Waals surface area contributed by atoms with Crippen molar-refractivity contribution in [2.45, 2.75) is 23.9 Å². The highest BCUT2D eigenvalue weighted by Gasteiger charge is 2.42. The number of methoxy groups -OCH3 is 1. The largest absolute Gasteiger partial charge is 0.467 e. The molecule has 0 unspecified atom stereocenters. The van der Waals surface area contributed by atoms with E-state index in [4.69, 9.17) is 4.74 Å². The van der Waals surface area contributed by atoms with Crippen molar-refractivity contribution in [2.24, 2.45) is 0 Å². The molecule has 3 rings (SSSR count). The number of morpholine rings is 1. The van der Waals surface area contributed by atoms with Gasteiger partial charge >= 0.3 is 12.0 Å². The SMILES string of the molecule is COC(=O)[C@@H](C)NC(=O)[C@@H]1CN(S(=O)(=O)c2ccccc2)CCN1C(=O)N1CCOCC1. The normalized spacial score (nSPS) is 21.0. The lowest BCUT2D eigenvalue weighted by molar-refractivity contribution is -0.145. The van der Waals surface area contributed by atoms with Crippen LogP contribution in [0, 0.1) is 0 Å². The van der Waals surface area contributed by atoms with E-state index in [1.165, 1.54) is 35.4 Å². The molecule has 11 nitrogen and oxygen atoms in total. The minimum Gasteiger partial charge on any atom is -0.467 e. The molecule has 0 aliphatic carbocycles. The van der Waals surface area contributed by atoms with Crippen molar-refractivity contribution < 1.29 is 32.3 Å². The topological polar surface area (TPSA) is 126 Å². The Kier molecular flexibility index (Phi) is 7.69. The maximum absolute atomic E-state index is 13.1. The molecule has 1 N–H and O–H groups in total. The molecule has 2 atom stereocenters. The second-order valence-corrected chi connectivity index (χ2v) is 9.46. The molecule has 0 saturated carbocycles. The molecule has 2 heterocycles. The van der Waals surface area contributed by atoms with Crippen LogP contribution in [-0.2, 0) is 29.1 Å². The average molecular weight is 469 g/mol. The Morgan fingerprint density at radius 1 is 1.09 bits per heavy atom. The van der Waals surface area contributed by atoms with Gasteiger partial charge in [-0.15, -0.1) is 0 Å². The predicted molar refractivity (Wildman–Crippen MR) is 113 cm³/mol. The molecule has 32 heavy (non-hydrogen) atoms. The monoisotopic (exact) mass is 468 g/mol. The van der Waals surface area contributed by atoms with E-state index in [-0.39, 0.29) is 30.6 Å². The summed E-state index contributed by atoms with van der Waals surface area (Å²) in [7, 11) is -2.66. The number of carbonyl (C=O) groups excluding carboxylic acids is 3. The van der Waals surface area contributed by atoms with Gasteiger partial charge in [-0.25, -0.2) is 18.0 Å². The van der Waals surface area contributed by atoms with Crippen molar-refractivity contribution in [3.63, 3.8) is 0 Å². The zero-order valence-electron chi connectivity index (χ0n) is 18.1. The lowest BCUT2D eigenvalue weighted by atomic mass is 10.1. The molecule has 0 aromatic heterocycles. The van der Waals surface area contributed by atoms with Crippen LogP contribution in [0.1, 0.15) is 6.92 Å². The van der Waals surface area contributed by atoms with Gasteiger partial charge in [0.25, 0.3) is 0 Å². The molecule has 0 radical (unpaired) electrons. The second kappa shape index (κ2) is 10.3. The van der Waals surface area contributed by atoms with E-state index in [2.05, 4.69) is 10.1 Å². The van der Waals surface area contributed by atoms with E-state index in [1.807, 2.05) is 0 Å². The number of hydrogen-bond acceptors (Lipinski definition) is 7. The van der Waals surface area contributed by atoms with Gasteiger partial charge in [0.1, 0.15) is 12.1 Å². The molecule has 12 heteroatoms. The highest BCUT2D eigenvalue weighted by atomic mass is 32.2. The zero-order chi connectivity index (χ0) is 23.3. The Balaban J connectivity index is 1.84. The van der Waals surface area contributed by atoms with Crippen LogP contribution in [-0.4, -0.2) is 106 Å². The molecular weight excluding hydrogens is 440 g/mol. The summed E-state index contributed by atoms with van der Waals surface area (Å²) in [6.07, 6.45) is 0. The number of carbonyl (C=O) groups is 3. The van der Waals surface area contributed by atoms with Crippen LogP contribution < -0.4 is 5.32 Å². The number of amides is 3. The minimum absolute atomic E-state index is 0.0347. The second-order valence-electron chi connectivity index (χ2n) is 7.52. The Labute approximate surface area is 187 Å². The van der Waals surface area contributed by atoms with Crippen molar-refractivity contribution in [2.75, 3.05) is 53.0 Å². The molecule has 2 aliphatic heterocycles. The fourth-order valence-corrected chi connectivity index (χ4v) is 5.11. The van der Waals surface area contributed by atoms with Crippen LogP contribution >= 0.6 is 0 Å². The number of nitrogens with zero attached hydrogens (tertiary/aromatic N) is 3. The Morgan fingerprint density at radius 2 is 1.75 bits per heavy atom. The summed E-state index contributed by atoms with van der Waals surface area (Å²) in [4.78, 5) is 41.0. The highest BCUT2D eigenvalue weighted by Crippen LogP contribution is 2.21. The minimum atomic E-state index is -3.86. The van der Waals surface area contributed by atoms with Crippen molar-refractivity contribution in [1.82, 2.24) is 19.4 Å². The quantitative estimate of drug-likeness (QED) is 0.577. The number of esters is 1. The third-order valence-corrected chi connectivity index (χ3v) is 7.35. The molecule has 2 saturated heterocycles. The van der Waals surface area contributed by atoms with E-state index in [0.29, 0.717) is 26.3 Å². The summed E-state index contributed by atoms with van der Waals surface area (Å²) in [6, 6.07) is 5.49. The Morgan fingerprint density at radius 3 is 2.38 bits per heavy atom. The lowest BCUT2D eigenvalue weighted by Crippen LogP contribution is -2.65. The molecule has 2 fully saturated rings. The first-order valence-electron chi connectivity index (χ1n) is 10.3. The van der Waals surface area contributed by atoms with E-state index < -0.39 is 34.0 Å². The van der Waals surface area contributed by atoms with Crippen molar-refractivity contribution in [1.29, 1.82) is 0 Å². The van der Waals surface area contributed by atoms with Crippen LogP contribution in [0.5, 0.6) is 0 Å². The summed E-state index contributed by atoms with van der Waals surface area (Å²) >= 11 is 0. The van der Waals surface area contributed by atoms with Crippen molar-refractivity contribution in [3.8, 4) is 0 Å². The van der Waals surface area contributed by atoms with Crippen LogP contribution in [0.25, 0.3) is 0 Å². The van der Waals surface area contributed by atoms with Crippen LogP contribution in [0.3, 0.4) is 0 Å². The van der Waals surface area contributed by atoms with E-state index in [1.54, 1.807) is 23.1 Å². The van der Waals surface area contributed by atoms with Gasteiger partial charge in [0.15, 0.2) is 0 Å². The standard InChI is InChI=1S/C20H28N4O7S/c1-15(19(26)30-2)21-18(25)17-14-23(32(28,29)16-6-4-3-5-7-16)8-9-24(17)20(27)22-10-12-31-13-11-22/h3-7,15,17H,8-14H2,1-2H3,(H,21,25)/t15-,17+/m1/s1. The van der Waals surface area contributed by atoms with Gasteiger partial charge in [0, 0.05) is 32.7 Å². The summed E-state index contributed by atoms with van der Waals surface area (Å²) < 4.78 is 37.3. The smallest absolute Gasteiger partial charge is 0.328 e. The zero-order valence-corrected chi connectivity index (χ0v) is 18.9.